The van der Waals surface area contributed by atoms with E-state index in [4.69, 9.17) is 9.47 Å². The Morgan fingerprint density at radius 2 is 1.87 bits per heavy atom. The van der Waals surface area contributed by atoms with Gasteiger partial charge in [0.05, 0.1) is 24.0 Å². The summed E-state index contributed by atoms with van der Waals surface area (Å²) in [6.07, 6.45) is 3.98. The monoisotopic (exact) mass is 715 g/mol. The third kappa shape index (κ3) is 7.08. The number of carbonyl (C=O) groups excluding carboxylic acids is 4. The number of ether oxygens (including phenoxy) is 2. The molecule has 3 aliphatic heterocycles. The maximum absolute atomic E-state index is 14.5. The molecule has 0 radical (unpaired) electrons. The molecule has 1 aromatic rings. The standard InChI is InChI=1S/C36H50BrN3O7/c1-8-10-18-26(42)38(7)23(3)29(24-16-12-11-13-17-24)46-34(45)27-28-32(43)39(20-14-15-21-41)31(36(28)22-25(37)30(27)47-36)33(44)40(19-9-2)35(4,5)6/h8-9,11-13,16-17,23,25,27-31,41H,1-2,10,14-15,18-22H2,3-7H3/t23-,25?,27-,28+,29+,30-,31-,36+/m1/s1. The Labute approximate surface area is 287 Å². The molecule has 3 saturated heterocycles. The first-order valence-corrected chi connectivity index (χ1v) is 17.4. The van der Waals surface area contributed by atoms with Gasteiger partial charge in [0, 0.05) is 43.5 Å². The number of hydrogen-bond acceptors (Lipinski definition) is 7. The zero-order chi connectivity index (χ0) is 34.7. The third-order valence-electron chi connectivity index (χ3n) is 9.87. The van der Waals surface area contributed by atoms with Crippen LogP contribution in [0.1, 0.15) is 71.5 Å². The fourth-order valence-corrected chi connectivity index (χ4v) is 8.35. The Hall–Kier alpha value is -3.02. The normalized spacial score (nSPS) is 27.6. The van der Waals surface area contributed by atoms with Crippen LogP contribution in [0.2, 0.25) is 0 Å². The number of fused-ring (bicyclic) bond motifs is 1. The summed E-state index contributed by atoms with van der Waals surface area (Å²) in [6.45, 7) is 15.7. The molecule has 3 amide bonds. The van der Waals surface area contributed by atoms with Gasteiger partial charge in [-0.15, -0.1) is 13.2 Å². The number of aliphatic hydroxyl groups is 1. The Kier molecular flexibility index (Phi) is 11.8. The number of likely N-dealkylation sites (N-methyl/N-ethyl adjacent to an activating group) is 1. The number of alkyl halides is 1. The highest BCUT2D eigenvalue weighted by Gasteiger charge is 2.77. The van der Waals surface area contributed by atoms with Crippen LogP contribution >= 0.6 is 15.9 Å². The van der Waals surface area contributed by atoms with Crippen LogP contribution in [0.25, 0.3) is 0 Å². The van der Waals surface area contributed by atoms with Crippen LogP contribution in [0.5, 0.6) is 0 Å². The highest BCUT2D eigenvalue weighted by Crippen LogP contribution is 2.60. The van der Waals surface area contributed by atoms with Gasteiger partial charge in [-0.25, -0.2) is 0 Å². The van der Waals surface area contributed by atoms with Crippen molar-refractivity contribution in [1.82, 2.24) is 14.7 Å². The number of hydrogen-bond donors (Lipinski definition) is 1. The molecule has 2 bridgehead atoms. The van der Waals surface area contributed by atoms with Gasteiger partial charge in [0.25, 0.3) is 0 Å². The Morgan fingerprint density at radius 1 is 1.19 bits per heavy atom. The van der Waals surface area contributed by atoms with Crippen LogP contribution in [0.4, 0.5) is 0 Å². The quantitative estimate of drug-likeness (QED) is 0.124. The summed E-state index contributed by atoms with van der Waals surface area (Å²) in [5.41, 5.74) is -1.10. The minimum absolute atomic E-state index is 0.0413. The second kappa shape index (κ2) is 15.0. The van der Waals surface area contributed by atoms with Crippen molar-refractivity contribution in [2.24, 2.45) is 11.8 Å². The molecule has 1 N–H and O–H groups in total. The maximum atomic E-state index is 14.5. The van der Waals surface area contributed by atoms with Crippen molar-refractivity contribution in [3.63, 3.8) is 0 Å². The second-order valence-electron chi connectivity index (χ2n) is 13.9. The molecule has 0 saturated carbocycles. The highest BCUT2D eigenvalue weighted by atomic mass is 79.9. The van der Waals surface area contributed by atoms with Crippen molar-refractivity contribution < 1.29 is 33.8 Å². The zero-order valence-electron chi connectivity index (χ0n) is 28.3. The fourth-order valence-electron chi connectivity index (χ4n) is 7.41. The van der Waals surface area contributed by atoms with Gasteiger partial charge in [0.15, 0.2) is 0 Å². The van der Waals surface area contributed by atoms with Crippen LogP contribution in [-0.4, -0.2) is 104 Å². The van der Waals surface area contributed by atoms with Crippen LogP contribution in [0, 0.1) is 11.8 Å². The van der Waals surface area contributed by atoms with Crippen molar-refractivity contribution in [1.29, 1.82) is 0 Å². The first-order valence-electron chi connectivity index (χ1n) is 16.5. The molecule has 0 aromatic heterocycles. The summed E-state index contributed by atoms with van der Waals surface area (Å²) in [4.78, 5) is 60.9. The van der Waals surface area contributed by atoms with Gasteiger partial charge >= 0.3 is 5.97 Å². The van der Waals surface area contributed by atoms with E-state index >= 15 is 0 Å². The first-order chi connectivity index (χ1) is 22.2. The van der Waals surface area contributed by atoms with Crippen LogP contribution in [-0.2, 0) is 28.7 Å². The van der Waals surface area contributed by atoms with Crippen LogP contribution < -0.4 is 0 Å². The molecular weight excluding hydrogens is 666 g/mol. The minimum atomic E-state index is -1.24. The molecule has 11 heteroatoms. The molecule has 258 valence electrons. The Balaban J connectivity index is 1.72. The number of aliphatic hydroxyl groups excluding tert-OH is 1. The Morgan fingerprint density at radius 3 is 2.47 bits per heavy atom. The Bertz CT molecular complexity index is 1330. The lowest BCUT2D eigenvalue weighted by molar-refractivity contribution is -0.164. The van der Waals surface area contributed by atoms with E-state index in [9.17, 15) is 24.3 Å². The number of unbranched alkanes of at least 4 members (excludes halogenated alkanes) is 1. The zero-order valence-corrected chi connectivity index (χ0v) is 29.9. The van der Waals surface area contributed by atoms with Crippen molar-refractivity contribution in [2.45, 2.75) is 100 Å². The second-order valence-corrected chi connectivity index (χ2v) is 15.1. The average molecular weight is 717 g/mol. The average Bonchev–Trinajstić information content (AvgIpc) is 3.63. The number of halogens is 1. The maximum Gasteiger partial charge on any atom is 0.313 e. The van der Waals surface area contributed by atoms with Crippen molar-refractivity contribution in [3.05, 3.63) is 61.2 Å². The van der Waals surface area contributed by atoms with E-state index in [0.717, 1.165) is 0 Å². The smallest absolute Gasteiger partial charge is 0.313 e. The predicted octanol–water partition coefficient (Wildman–Crippen LogP) is 4.42. The highest BCUT2D eigenvalue weighted by molar-refractivity contribution is 9.09. The van der Waals surface area contributed by atoms with Gasteiger partial charge in [-0.1, -0.05) is 58.4 Å². The SMILES string of the molecule is C=CCCC(=O)N(C)[C@H](C)[C@H](OC(=O)[C@H]1[C@@H]2O[C@@]3(CC2Br)[C@@H]1C(=O)N(CCCCO)[C@@H]3C(=O)N(CC=C)C(C)(C)C)c1ccccc1. The summed E-state index contributed by atoms with van der Waals surface area (Å²) < 4.78 is 13.0. The minimum Gasteiger partial charge on any atom is -0.455 e. The van der Waals surface area contributed by atoms with Gasteiger partial charge < -0.3 is 29.3 Å². The number of carbonyl (C=O) groups is 4. The molecule has 0 aliphatic carbocycles. The third-order valence-corrected chi connectivity index (χ3v) is 10.7. The topological polar surface area (TPSA) is 117 Å². The van der Waals surface area contributed by atoms with Crippen molar-refractivity contribution >= 4 is 39.6 Å². The molecule has 4 rings (SSSR count). The number of benzene rings is 1. The summed E-state index contributed by atoms with van der Waals surface area (Å²) in [7, 11) is 1.69. The summed E-state index contributed by atoms with van der Waals surface area (Å²) >= 11 is 3.73. The predicted molar refractivity (Wildman–Crippen MR) is 182 cm³/mol. The number of nitrogens with zero attached hydrogens (tertiary/aromatic N) is 3. The molecule has 1 spiro atoms. The molecule has 10 nitrogen and oxygen atoms in total. The lowest BCUT2D eigenvalue weighted by Crippen LogP contribution is -2.60. The van der Waals surface area contributed by atoms with E-state index in [1.807, 2.05) is 58.0 Å². The fraction of sp³-hybridized carbons (Fsp3) is 0.611. The van der Waals surface area contributed by atoms with Crippen LogP contribution in [0.15, 0.2) is 55.6 Å². The van der Waals surface area contributed by atoms with E-state index in [1.54, 1.807) is 33.9 Å². The summed E-state index contributed by atoms with van der Waals surface area (Å²) in [5.74, 6) is -3.19. The van der Waals surface area contributed by atoms with E-state index in [0.29, 0.717) is 31.2 Å². The molecule has 8 atom stereocenters. The van der Waals surface area contributed by atoms with Gasteiger partial charge in [-0.2, -0.15) is 0 Å². The van der Waals surface area contributed by atoms with E-state index in [2.05, 4.69) is 29.1 Å². The number of allylic oxidation sites excluding steroid dienone is 1. The largest absolute Gasteiger partial charge is 0.455 e. The lowest BCUT2D eigenvalue weighted by atomic mass is 9.70. The molecule has 3 heterocycles. The number of rotatable bonds is 15. The first kappa shape index (κ1) is 36.8. The van der Waals surface area contributed by atoms with E-state index in [1.165, 1.54) is 0 Å². The summed E-state index contributed by atoms with van der Waals surface area (Å²) in [5, 5.41) is 9.49. The number of esters is 1. The van der Waals surface area contributed by atoms with Gasteiger partial charge in [0.1, 0.15) is 17.7 Å². The number of likely N-dealkylation sites (tertiary alicyclic amines) is 1. The molecular formula is C36H50BrN3O7. The van der Waals surface area contributed by atoms with Gasteiger partial charge in [-0.3, -0.25) is 19.2 Å². The van der Waals surface area contributed by atoms with Crippen LogP contribution in [0.3, 0.4) is 0 Å². The number of amides is 3. The van der Waals surface area contributed by atoms with E-state index < -0.39 is 53.2 Å². The van der Waals surface area contributed by atoms with Gasteiger partial charge in [0.2, 0.25) is 17.7 Å². The molecule has 3 fully saturated rings. The molecule has 47 heavy (non-hydrogen) atoms. The van der Waals surface area contributed by atoms with Gasteiger partial charge in [-0.05, 0) is 58.9 Å². The van der Waals surface area contributed by atoms with E-state index in [-0.39, 0.29) is 48.7 Å². The lowest BCUT2D eigenvalue weighted by Gasteiger charge is -2.42. The molecule has 1 unspecified atom stereocenters. The van der Waals surface area contributed by atoms with Crippen molar-refractivity contribution in [2.75, 3.05) is 26.7 Å². The summed E-state index contributed by atoms with van der Waals surface area (Å²) in [6, 6.07) is 7.77. The molecule has 3 aliphatic rings. The molecule has 1 aromatic carbocycles. The van der Waals surface area contributed by atoms with Crippen molar-refractivity contribution in [3.8, 4) is 0 Å².